The van der Waals surface area contributed by atoms with Gasteiger partial charge in [0.2, 0.25) is 5.54 Å². The van der Waals surface area contributed by atoms with Crippen molar-refractivity contribution >= 4 is 11.9 Å². The molecule has 0 aliphatic rings. The zero-order valence-electron chi connectivity index (χ0n) is 9.83. The summed E-state index contributed by atoms with van der Waals surface area (Å²) in [6, 6.07) is 8.92. The molecule has 5 N–H and O–H groups in total. The van der Waals surface area contributed by atoms with Gasteiger partial charge in [-0.05, 0) is 18.5 Å². The number of aliphatic carboxylic acids is 1. The standard InChI is InChI=1S/C12H16N2O4/c13-7-6-12(14,10(15)16)11(17)18-8-9-4-2-1-3-5-9/h1-5H,6-8,13-14H2,(H,15,16). The first-order valence-electron chi connectivity index (χ1n) is 5.44. The van der Waals surface area contributed by atoms with Crippen LogP contribution in [0.2, 0.25) is 0 Å². The van der Waals surface area contributed by atoms with Gasteiger partial charge < -0.3 is 21.3 Å². The monoisotopic (exact) mass is 252 g/mol. The van der Waals surface area contributed by atoms with E-state index >= 15 is 0 Å². The second kappa shape index (κ2) is 6.13. The van der Waals surface area contributed by atoms with Crippen molar-refractivity contribution in [1.82, 2.24) is 0 Å². The Balaban J connectivity index is 2.66. The molecule has 6 heteroatoms. The molecule has 6 nitrogen and oxygen atoms in total. The lowest BCUT2D eigenvalue weighted by Gasteiger charge is -2.21. The third-order valence-electron chi connectivity index (χ3n) is 2.50. The van der Waals surface area contributed by atoms with E-state index in [0.29, 0.717) is 0 Å². The Bertz CT molecular complexity index is 421. The van der Waals surface area contributed by atoms with E-state index in [9.17, 15) is 9.59 Å². The maximum absolute atomic E-state index is 11.7. The predicted molar refractivity (Wildman–Crippen MR) is 64.5 cm³/mol. The molecule has 0 heterocycles. The van der Waals surface area contributed by atoms with Gasteiger partial charge >= 0.3 is 11.9 Å². The number of carbonyl (C=O) groups excluding carboxylic acids is 1. The van der Waals surface area contributed by atoms with Gasteiger partial charge in [0.15, 0.2) is 0 Å². The molecule has 0 fully saturated rings. The Labute approximate surface area is 105 Å². The third-order valence-corrected chi connectivity index (χ3v) is 2.50. The van der Waals surface area contributed by atoms with Crippen LogP contribution in [0.1, 0.15) is 12.0 Å². The fraction of sp³-hybridized carbons (Fsp3) is 0.333. The van der Waals surface area contributed by atoms with Crippen LogP contribution in [0.3, 0.4) is 0 Å². The summed E-state index contributed by atoms with van der Waals surface area (Å²) in [5.41, 5.74) is 9.43. The van der Waals surface area contributed by atoms with Crippen molar-refractivity contribution in [3.8, 4) is 0 Å². The normalized spacial score (nSPS) is 13.7. The molecule has 1 unspecified atom stereocenters. The summed E-state index contributed by atoms with van der Waals surface area (Å²) in [6.45, 7) is -0.0281. The fourth-order valence-electron chi connectivity index (χ4n) is 1.38. The Hall–Kier alpha value is -1.92. The van der Waals surface area contributed by atoms with E-state index < -0.39 is 17.5 Å². The number of rotatable bonds is 6. The number of hydrogen-bond donors (Lipinski definition) is 3. The van der Waals surface area contributed by atoms with Crippen LogP contribution in [0.15, 0.2) is 30.3 Å². The Morgan fingerprint density at radius 3 is 2.39 bits per heavy atom. The van der Waals surface area contributed by atoms with E-state index in [0.717, 1.165) is 5.56 Å². The number of hydrogen-bond acceptors (Lipinski definition) is 5. The number of ether oxygens (including phenoxy) is 1. The lowest BCUT2D eigenvalue weighted by molar-refractivity contribution is -0.162. The molecule has 0 radical (unpaired) electrons. The summed E-state index contributed by atoms with van der Waals surface area (Å²) in [7, 11) is 0. The van der Waals surface area contributed by atoms with Crippen LogP contribution in [0, 0.1) is 0 Å². The molecule has 0 aliphatic carbocycles. The van der Waals surface area contributed by atoms with Crippen LogP contribution in [-0.2, 0) is 20.9 Å². The molecule has 0 amide bonds. The summed E-state index contributed by atoms with van der Waals surface area (Å²) in [4.78, 5) is 22.7. The molecule has 1 rings (SSSR count). The van der Waals surface area contributed by atoms with Gasteiger partial charge in [0, 0.05) is 0 Å². The minimum absolute atomic E-state index is 0.0107. The minimum atomic E-state index is -2.08. The minimum Gasteiger partial charge on any atom is -0.479 e. The second-order valence-electron chi connectivity index (χ2n) is 3.88. The summed E-state index contributed by atoms with van der Waals surface area (Å²) >= 11 is 0. The molecular formula is C12H16N2O4. The van der Waals surface area contributed by atoms with Gasteiger partial charge in [-0.2, -0.15) is 0 Å². The van der Waals surface area contributed by atoms with E-state index in [-0.39, 0.29) is 19.6 Å². The highest BCUT2D eigenvalue weighted by molar-refractivity contribution is 6.03. The highest BCUT2D eigenvalue weighted by Gasteiger charge is 2.43. The van der Waals surface area contributed by atoms with Crippen LogP contribution < -0.4 is 11.5 Å². The average Bonchev–Trinajstić information content (AvgIpc) is 2.37. The lowest BCUT2D eigenvalue weighted by Crippen LogP contribution is -2.56. The maximum Gasteiger partial charge on any atom is 0.338 e. The number of carboxylic acids is 1. The van der Waals surface area contributed by atoms with Gasteiger partial charge in [0.1, 0.15) is 6.61 Å². The molecule has 98 valence electrons. The summed E-state index contributed by atoms with van der Waals surface area (Å²) in [5.74, 6) is -2.42. The van der Waals surface area contributed by atoms with Crippen molar-refractivity contribution in [2.24, 2.45) is 11.5 Å². The molecule has 1 atom stereocenters. The van der Waals surface area contributed by atoms with Crippen LogP contribution >= 0.6 is 0 Å². The van der Waals surface area contributed by atoms with Gasteiger partial charge in [0.25, 0.3) is 0 Å². The SMILES string of the molecule is NCCC(N)(C(=O)O)C(=O)OCc1ccccc1. The Morgan fingerprint density at radius 2 is 1.89 bits per heavy atom. The van der Waals surface area contributed by atoms with Crippen LogP contribution in [0.4, 0.5) is 0 Å². The highest BCUT2D eigenvalue weighted by Crippen LogP contribution is 2.11. The fourth-order valence-corrected chi connectivity index (χ4v) is 1.38. The zero-order valence-corrected chi connectivity index (χ0v) is 9.83. The second-order valence-corrected chi connectivity index (χ2v) is 3.88. The van der Waals surface area contributed by atoms with E-state index in [2.05, 4.69) is 0 Å². The first kappa shape index (κ1) is 14.1. The first-order valence-corrected chi connectivity index (χ1v) is 5.44. The number of carbonyl (C=O) groups is 2. The van der Waals surface area contributed by atoms with Crippen molar-refractivity contribution in [2.45, 2.75) is 18.6 Å². The van der Waals surface area contributed by atoms with Gasteiger partial charge in [0.05, 0.1) is 0 Å². The number of benzene rings is 1. The van der Waals surface area contributed by atoms with Crippen LogP contribution in [-0.4, -0.2) is 29.1 Å². The predicted octanol–water partition coefficient (Wildman–Crippen LogP) is -0.139. The van der Waals surface area contributed by atoms with Crippen molar-refractivity contribution in [3.05, 3.63) is 35.9 Å². The average molecular weight is 252 g/mol. The topological polar surface area (TPSA) is 116 Å². The summed E-state index contributed by atoms with van der Waals surface area (Å²) < 4.78 is 4.91. The van der Waals surface area contributed by atoms with Crippen LogP contribution in [0.5, 0.6) is 0 Å². The maximum atomic E-state index is 11.7. The van der Waals surface area contributed by atoms with E-state index in [1.807, 2.05) is 6.07 Å². The molecule has 18 heavy (non-hydrogen) atoms. The third kappa shape index (κ3) is 3.28. The molecule has 1 aromatic rings. The Morgan fingerprint density at radius 1 is 1.28 bits per heavy atom. The van der Waals surface area contributed by atoms with Gasteiger partial charge in [-0.1, -0.05) is 30.3 Å². The quantitative estimate of drug-likeness (QED) is 0.479. The largest absolute Gasteiger partial charge is 0.479 e. The number of nitrogens with two attached hydrogens (primary N) is 2. The van der Waals surface area contributed by atoms with Crippen molar-refractivity contribution in [3.63, 3.8) is 0 Å². The van der Waals surface area contributed by atoms with E-state index in [4.69, 9.17) is 21.3 Å². The van der Waals surface area contributed by atoms with Crippen molar-refractivity contribution in [1.29, 1.82) is 0 Å². The molecule has 0 aliphatic heterocycles. The smallest absolute Gasteiger partial charge is 0.338 e. The molecule has 0 saturated carbocycles. The van der Waals surface area contributed by atoms with Crippen molar-refractivity contribution in [2.75, 3.05) is 6.54 Å². The molecular weight excluding hydrogens is 236 g/mol. The number of esters is 1. The van der Waals surface area contributed by atoms with Crippen molar-refractivity contribution < 1.29 is 19.4 Å². The van der Waals surface area contributed by atoms with Crippen LogP contribution in [0.25, 0.3) is 0 Å². The molecule has 1 aromatic carbocycles. The highest BCUT2D eigenvalue weighted by atomic mass is 16.5. The first-order chi connectivity index (χ1) is 8.50. The summed E-state index contributed by atoms with van der Waals surface area (Å²) in [5, 5.41) is 8.95. The molecule has 0 saturated heterocycles. The van der Waals surface area contributed by atoms with Gasteiger partial charge in [-0.3, -0.25) is 0 Å². The zero-order chi connectivity index (χ0) is 13.6. The lowest BCUT2D eigenvalue weighted by atomic mass is 9.97. The van der Waals surface area contributed by atoms with E-state index in [1.165, 1.54) is 0 Å². The van der Waals surface area contributed by atoms with Gasteiger partial charge in [-0.25, -0.2) is 9.59 Å². The number of carboxylic acid groups (broad SMARTS) is 1. The molecule has 0 aromatic heterocycles. The van der Waals surface area contributed by atoms with E-state index in [1.54, 1.807) is 24.3 Å². The molecule has 0 bridgehead atoms. The molecule has 0 spiro atoms. The van der Waals surface area contributed by atoms with Gasteiger partial charge in [-0.15, -0.1) is 0 Å². The Kier molecular flexibility index (Phi) is 4.82. The summed E-state index contributed by atoms with van der Waals surface area (Å²) in [6.07, 6.45) is -0.171.